The van der Waals surface area contributed by atoms with Crippen LogP contribution >= 0.6 is 0 Å². The highest BCUT2D eigenvalue weighted by molar-refractivity contribution is 5.99. The van der Waals surface area contributed by atoms with Gasteiger partial charge in [0.15, 0.2) is 5.52 Å². The van der Waals surface area contributed by atoms with E-state index in [-0.39, 0.29) is 5.41 Å². The first-order chi connectivity index (χ1) is 12.2. The van der Waals surface area contributed by atoms with Crippen LogP contribution in [-0.2, 0) is 18.9 Å². The lowest BCUT2D eigenvalue weighted by atomic mass is 9.68. The molecule has 0 atom stereocenters. The highest BCUT2D eigenvalue weighted by Gasteiger charge is 2.38. The zero-order valence-corrected chi connectivity index (χ0v) is 17.1. The molecule has 2 nitrogen and oxygen atoms in total. The zero-order chi connectivity index (χ0) is 18.8. The van der Waals surface area contributed by atoms with Crippen LogP contribution in [0.2, 0.25) is 0 Å². The van der Waals surface area contributed by atoms with Gasteiger partial charge in [-0.3, -0.25) is 0 Å². The molecule has 1 heterocycles. The summed E-state index contributed by atoms with van der Waals surface area (Å²) in [6, 6.07) is 9.35. The normalized spacial score (nSPS) is 14.8. The molecule has 0 spiro atoms. The number of rotatable bonds is 2. The molecular weight excluding hydrogens is 316 g/mol. The lowest BCUT2D eigenvalue weighted by Gasteiger charge is -2.35. The number of aromatic nitrogens is 2. The molecule has 0 N–H and O–H groups in total. The summed E-state index contributed by atoms with van der Waals surface area (Å²) in [6.45, 7) is 13.8. The Balaban J connectivity index is 2.18. The van der Waals surface area contributed by atoms with Crippen molar-refractivity contribution in [3.63, 3.8) is 0 Å². The molecule has 26 heavy (non-hydrogen) atoms. The number of hydrogen-bond donors (Lipinski definition) is 0. The van der Waals surface area contributed by atoms with Crippen LogP contribution in [-0.4, -0.2) is 4.98 Å². The van der Waals surface area contributed by atoms with E-state index < -0.39 is 0 Å². The average molecular weight is 346 g/mol. The maximum Gasteiger partial charge on any atom is 0.287 e. The van der Waals surface area contributed by atoms with E-state index in [2.05, 4.69) is 77.4 Å². The molecule has 2 aromatic carbocycles. The van der Waals surface area contributed by atoms with Gasteiger partial charge in [0, 0.05) is 11.0 Å². The molecule has 0 bridgehead atoms. The van der Waals surface area contributed by atoms with Crippen LogP contribution in [0, 0.1) is 19.8 Å². The minimum Gasteiger partial charge on any atom is -0.232 e. The van der Waals surface area contributed by atoms with E-state index in [1.165, 1.54) is 44.5 Å². The molecular formula is C24H29N2+. The highest BCUT2D eigenvalue weighted by Crippen LogP contribution is 2.48. The highest BCUT2D eigenvalue weighted by atomic mass is 15.0. The third-order valence-corrected chi connectivity index (χ3v) is 6.10. The molecule has 0 radical (unpaired) electrons. The van der Waals surface area contributed by atoms with Gasteiger partial charge in [0.2, 0.25) is 0 Å². The Morgan fingerprint density at radius 3 is 2.50 bits per heavy atom. The second kappa shape index (κ2) is 5.64. The SMILES string of the molecule is Cc1ccc2c(c1C)-c1c3c(cc(CC(C)C)cc3nc[n+]1C)C2(C)C. The van der Waals surface area contributed by atoms with Crippen molar-refractivity contribution in [2.75, 3.05) is 0 Å². The molecule has 1 aliphatic carbocycles. The van der Waals surface area contributed by atoms with Gasteiger partial charge in [-0.25, -0.2) is 4.57 Å². The van der Waals surface area contributed by atoms with Gasteiger partial charge >= 0.3 is 0 Å². The maximum atomic E-state index is 4.81. The van der Waals surface area contributed by atoms with Crippen LogP contribution < -0.4 is 4.57 Å². The zero-order valence-electron chi connectivity index (χ0n) is 17.1. The van der Waals surface area contributed by atoms with Crippen molar-refractivity contribution in [2.24, 2.45) is 13.0 Å². The van der Waals surface area contributed by atoms with Crippen LogP contribution in [0.5, 0.6) is 0 Å². The third-order valence-electron chi connectivity index (χ3n) is 6.10. The molecule has 134 valence electrons. The maximum absolute atomic E-state index is 4.81. The summed E-state index contributed by atoms with van der Waals surface area (Å²) in [5, 5.41) is 1.33. The Morgan fingerprint density at radius 1 is 1.08 bits per heavy atom. The molecule has 0 saturated carbocycles. The number of benzene rings is 2. The minimum atomic E-state index is -0.0257. The van der Waals surface area contributed by atoms with Crippen molar-refractivity contribution in [1.29, 1.82) is 0 Å². The summed E-state index contributed by atoms with van der Waals surface area (Å²) in [5.41, 5.74) is 10.8. The Labute approximate surface area is 156 Å². The standard InChI is InChI=1S/C24H29N2/c1-14(2)10-17-11-19-22-20(12-17)25-13-26(7)23(22)21-16(4)15(3)8-9-18(21)24(19,5)6/h8-9,11-14H,10H2,1-7H3/q+1. The Kier molecular flexibility index (Phi) is 3.73. The molecule has 2 heteroatoms. The predicted octanol–water partition coefficient (Wildman–Crippen LogP) is 5.18. The average Bonchev–Trinajstić information content (AvgIpc) is 2.56. The second-order valence-electron chi connectivity index (χ2n) is 8.89. The molecule has 1 aliphatic rings. The van der Waals surface area contributed by atoms with Crippen LogP contribution in [0.4, 0.5) is 0 Å². The van der Waals surface area contributed by atoms with Gasteiger partial charge in [0.25, 0.3) is 6.33 Å². The van der Waals surface area contributed by atoms with Crippen molar-refractivity contribution in [1.82, 2.24) is 4.98 Å². The van der Waals surface area contributed by atoms with E-state index in [0.717, 1.165) is 11.9 Å². The molecule has 3 aromatic rings. The van der Waals surface area contributed by atoms with Crippen LogP contribution in [0.25, 0.3) is 22.2 Å². The Bertz CT molecular complexity index is 1040. The first-order valence-corrected chi connectivity index (χ1v) is 9.64. The van der Waals surface area contributed by atoms with E-state index in [1.54, 1.807) is 0 Å². The summed E-state index contributed by atoms with van der Waals surface area (Å²) in [4.78, 5) is 4.81. The van der Waals surface area contributed by atoms with Crippen molar-refractivity contribution in [3.8, 4) is 11.3 Å². The third kappa shape index (κ3) is 2.31. The fraction of sp³-hybridized carbons (Fsp3) is 0.417. The summed E-state index contributed by atoms with van der Waals surface area (Å²) in [6.07, 6.45) is 3.07. The number of fused-ring (bicyclic) bond motifs is 2. The lowest BCUT2D eigenvalue weighted by Crippen LogP contribution is -2.36. The number of aryl methyl sites for hydroxylation is 2. The second-order valence-corrected chi connectivity index (χ2v) is 8.89. The van der Waals surface area contributed by atoms with E-state index in [1.807, 2.05) is 6.33 Å². The summed E-state index contributed by atoms with van der Waals surface area (Å²) < 4.78 is 2.20. The molecule has 0 fully saturated rings. The first-order valence-electron chi connectivity index (χ1n) is 9.64. The molecule has 4 rings (SSSR count). The lowest BCUT2D eigenvalue weighted by molar-refractivity contribution is -0.662. The fourth-order valence-corrected chi connectivity index (χ4v) is 4.59. The van der Waals surface area contributed by atoms with Crippen molar-refractivity contribution in [3.05, 3.63) is 58.4 Å². The molecule has 0 amide bonds. The minimum absolute atomic E-state index is 0.0257. The van der Waals surface area contributed by atoms with E-state index in [9.17, 15) is 0 Å². The monoisotopic (exact) mass is 345 g/mol. The van der Waals surface area contributed by atoms with Gasteiger partial charge < -0.3 is 0 Å². The molecule has 1 aromatic heterocycles. The Hall–Kier alpha value is -2.22. The molecule has 0 aliphatic heterocycles. The van der Waals surface area contributed by atoms with Gasteiger partial charge in [-0.05, 0) is 65.1 Å². The predicted molar refractivity (Wildman–Crippen MR) is 108 cm³/mol. The van der Waals surface area contributed by atoms with Gasteiger partial charge in [-0.1, -0.05) is 45.9 Å². The molecule has 0 unspecified atom stereocenters. The summed E-state index contributed by atoms with van der Waals surface area (Å²) >= 11 is 0. The topological polar surface area (TPSA) is 16.8 Å². The Morgan fingerprint density at radius 2 is 1.81 bits per heavy atom. The van der Waals surface area contributed by atoms with Crippen LogP contribution in [0.1, 0.15) is 55.5 Å². The van der Waals surface area contributed by atoms with Gasteiger partial charge in [-0.15, -0.1) is 0 Å². The summed E-state index contributed by atoms with van der Waals surface area (Å²) in [5.74, 6) is 0.642. The number of nitrogens with zero attached hydrogens (tertiary/aromatic N) is 2. The van der Waals surface area contributed by atoms with Crippen molar-refractivity contribution < 1.29 is 4.57 Å². The summed E-state index contributed by atoms with van der Waals surface area (Å²) in [7, 11) is 2.12. The van der Waals surface area contributed by atoms with Crippen LogP contribution in [0.3, 0.4) is 0 Å². The van der Waals surface area contributed by atoms with Gasteiger partial charge in [0.05, 0.1) is 12.4 Å². The van der Waals surface area contributed by atoms with E-state index >= 15 is 0 Å². The largest absolute Gasteiger partial charge is 0.287 e. The quantitative estimate of drug-likeness (QED) is 0.585. The van der Waals surface area contributed by atoms with E-state index in [0.29, 0.717) is 5.92 Å². The number of hydrogen-bond acceptors (Lipinski definition) is 1. The van der Waals surface area contributed by atoms with Gasteiger partial charge in [0.1, 0.15) is 5.69 Å². The molecule has 0 saturated heterocycles. The van der Waals surface area contributed by atoms with Crippen LogP contribution in [0.15, 0.2) is 30.6 Å². The smallest absolute Gasteiger partial charge is 0.232 e. The first kappa shape index (κ1) is 17.2. The van der Waals surface area contributed by atoms with Gasteiger partial charge in [-0.2, -0.15) is 0 Å². The van der Waals surface area contributed by atoms with E-state index in [4.69, 9.17) is 4.98 Å². The fourth-order valence-electron chi connectivity index (χ4n) is 4.59. The van der Waals surface area contributed by atoms with Crippen molar-refractivity contribution in [2.45, 2.75) is 53.4 Å². The van der Waals surface area contributed by atoms with Crippen molar-refractivity contribution >= 4 is 10.9 Å².